The maximum atomic E-state index is 12.7. The average molecular weight is 296 g/mol. The van der Waals surface area contributed by atoms with Gasteiger partial charge >= 0.3 is 6.18 Å². The van der Waals surface area contributed by atoms with Gasteiger partial charge in [0.05, 0.1) is 12.7 Å². The van der Waals surface area contributed by atoms with Crippen molar-refractivity contribution in [2.75, 3.05) is 7.11 Å². The molecule has 2 aromatic carbocycles. The van der Waals surface area contributed by atoms with E-state index < -0.39 is 11.7 Å². The Morgan fingerprint density at radius 3 is 2.48 bits per heavy atom. The number of phenols is 1. The molecule has 3 nitrogen and oxygen atoms in total. The summed E-state index contributed by atoms with van der Waals surface area (Å²) >= 11 is 0. The van der Waals surface area contributed by atoms with Crippen LogP contribution in [0.1, 0.15) is 15.9 Å². The lowest BCUT2D eigenvalue weighted by Crippen LogP contribution is -2.04. The monoisotopic (exact) mass is 296 g/mol. The summed E-state index contributed by atoms with van der Waals surface area (Å²) in [6, 6.07) is 7.10. The molecule has 0 aliphatic heterocycles. The molecule has 0 amide bonds. The molecular weight excluding hydrogens is 285 g/mol. The van der Waals surface area contributed by atoms with Crippen LogP contribution in [0.2, 0.25) is 0 Å². The van der Waals surface area contributed by atoms with Gasteiger partial charge in [0.1, 0.15) is 6.29 Å². The number of benzene rings is 2. The molecule has 0 aromatic heterocycles. The average Bonchev–Trinajstić information content (AvgIpc) is 2.47. The molecular formula is C15H11F3O3. The molecule has 0 atom stereocenters. The Labute approximate surface area is 118 Å². The van der Waals surface area contributed by atoms with Crippen LogP contribution in [0.15, 0.2) is 36.4 Å². The van der Waals surface area contributed by atoms with Crippen LogP contribution in [0.3, 0.4) is 0 Å². The molecule has 0 spiro atoms. The van der Waals surface area contributed by atoms with Crippen molar-refractivity contribution in [2.45, 2.75) is 6.18 Å². The van der Waals surface area contributed by atoms with E-state index in [1.165, 1.54) is 31.4 Å². The number of halogens is 3. The molecule has 0 saturated carbocycles. The Morgan fingerprint density at radius 2 is 1.90 bits per heavy atom. The van der Waals surface area contributed by atoms with Gasteiger partial charge in [-0.15, -0.1) is 0 Å². The molecule has 1 N–H and O–H groups in total. The lowest BCUT2D eigenvalue weighted by Gasteiger charge is -2.12. The topological polar surface area (TPSA) is 46.5 Å². The fourth-order valence-electron chi connectivity index (χ4n) is 1.94. The van der Waals surface area contributed by atoms with Crippen LogP contribution in [0.25, 0.3) is 11.1 Å². The summed E-state index contributed by atoms with van der Waals surface area (Å²) in [5.41, 5.74) is -0.404. The Kier molecular flexibility index (Phi) is 3.88. The van der Waals surface area contributed by atoms with Crippen LogP contribution in [0, 0.1) is 0 Å². The van der Waals surface area contributed by atoms with E-state index in [-0.39, 0.29) is 28.2 Å². The van der Waals surface area contributed by atoms with Gasteiger partial charge in [-0.3, -0.25) is 4.79 Å². The summed E-state index contributed by atoms with van der Waals surface area (Å²) in [6.45, 7) is 0. The zero-order chi connectivity index (χ0) is 15.6. The van der Waals surface area contributed by atoms with Gasteiger partial charge < -0.3 is 9.84 Å². The number of ether oxygens (including phenoxy) is 1. The van der Waals surface area contributed by atoms with E-state index in [4.69, 9.17) is 4.74 Å². The molecule has 2 rings (SSSR count). The predicted molar refractivity (Wildman–Crippen MR) is 70.5 cm³/mol. The summed E-state index contributed by atoms with van der Waals surface area (Å²) < 4.78 is 43.1. The molecule has 0 aliphatic rings. The number of aldehydes is 1. The van der Waals surface area contributed by atoms with Crippen LogP contribution < -0.4 is 4.74 Å². The first-order valence-corrected chi connectivity index (χ1v) is 5.90. The van der Waals surface area contributed by atoms with Gasteiger partial charge in [0.15, 0.2) is 11.5 Å². The number of hydrogen-bond donors (Lipinski definition) is 1. The van der Waals surface area contributed by atoms with E-state index in [9.17, 15) is 23.1 Å². The largest absolute Gasteiger partial charge is 0.504 e. The van der Waals surface area contributed by atoms with Gasteiger partial charge in [-0.25, -0.2) is 0 Å². The zero-order valence-corrected chi connectivity index (χ0v) is 10.9. The van der Waals surface area contributed by atoms with Crippen molar-refractivity contribution in [3.8, 4) is 22.6 Å². The highest BCUT2D eigenvalue weighted by Gasteiger charge is 2.30. The van der Waals surface area contributed by atoms with Crippen LogP contribution in [-0.2, 0) is 6.18 Å². The quantitative estimate of drug-likeness (QED) is 0.874. The molecule has 6 heteroatoms. The minimum atomic E-state index is -4.49. The van der Waals surface area contributed by atoms with Gasteiger partial charge in [-0.05, 0) is 29.8 Å². The minimum absolute atomic E-state index is 0.0204. The Balaban J connectivity index is 2.64. The van der Waals surface area contributed by atoms with E-state index in [1.54, 1.807) is 0 Å². The van der Waals surface area contributed by atoms with E-state index in [1.807, 2.05) is 0 Å². The Bertz CT molecular complexity index is 678. The fraction of sp³-hybridized carbons (Fsp3) is 0.133. The number of phenolic OH excluding ortho intramolecular Hbond substituents is 1. The highest BCUT2D eigenvalue weighted by molar-refractivity contribution is 5.84. The van der Waals surface area contributed by atoms with Crippen LogP contribution in [0.5, 0.6) is 11.5 Å². The van der Waals surface area contributed by atoms with Gasteiger partial charge in [0.2, 0.25) is 0 Å². The lowest BCUT2D eigenvalue weighted by atomic mass is 9.99. The maximum absolute atomic E-state index is 12.7. The number of rotatable bonds is 3. The number of methoxy groups -OCH3 is 1. The fourth-order valence-corrected chi connectivity index (χ4v) is 1.94. The summed E-state index contributed by atoms with van der Waals surface area (Å²) in [5.74, 6) is -0.297. The number of carbonyl (C=O) groups is 1. The second-order valence-corrected chi connectivity index (χ2v) is 4.32. The van der Waals surface area contributed by atoms with Crippen molar-refractivity contribution < 1.29 is 27.8 Å². The molecule has 110 valence electrons. The number of hydrogen-bond acceptors (Lipinski definition) is 3. The molecule has 0 heterocycles. The van der Waals surface area contributed by atoms with Crippen molar-refractivity contribution in [2.24, 2.45) is 0 Å². The molecule has 0 bridgehead atoms. The minimum Gasteiger partial charge on any atom is -0.504 e. The summed E-state index contributed by atoms with van der Waals surface area (Å²) in [5, 5.41) is 10.0. The molecule has 0 fully saturated rings. The number of aromatic hydroxyl groups is 1. The SMILES string of the molecule is COc1cc(C=O)cc(-c2cccc(C(F)(F)F)c2)c1O. The molecule has 0 saturated heterocycles. The van der Waals surface area contributed by atoms with E-state index in [0.29, 0.717) is 6.29 Å². The van der Waals surface area contributed by atoms with E-state index in [2.05, 4.69) is 0 Å². The first kappa shape index (κ1) is 14.9. The van der Waals surface area contributed by atoms with Crippen LogP contribution in [0.4, 0.5) is 13.2 Å². The predicted octanol–water partition coefficient (Wildman–Crippen LogP) is 3.90. The lowest BCUT2D eigenvalue weighted by molar-refractivity contribution is -0.137. The van der Waals surface area contributed by atoms with Gasteiger partial charge in [0, 0.05) is 11.1 Å². The number of carbonyl (C=O) groups excluding carboxylic acids is 1. The highest BCUT2D eigenvalue weighted by Crippen LogP contribution is 2.40. The van der Waals surface area contributed by atoms with Crippen molar-refractivity contribution in [1.82, 2.24) is 0 Å². The summed E-state index contributed by atoms with van der Waals surface area (Å²) in [6.07, 6.45) is -3.96. The van der Waals surface area contributed by atoms with Crippen LogP contribution in [-0.4, -0.2) is 18.5 Å². The second kappa shape index (κ2) is 5.47. The van der Waals surface area contributed by atoms with Crippen molar-refractivity contribution in [1.29, 1.82) is 0 Å². The molecule has 2 aromatic rings. The third kappa shape index (κ3) is 2.99. The van der Waals surface area contributed by atoms with Crippen molar-refractivity contribution >= 4 is 6.29 Å². The molecule has 0 radical (unpaired) electrons. The zero-order valence-electron chi connectivity index (χ0n) is 10.9. The number of alkyl halides is 3. The highest BCUT2D eigenvalue weighted by atomic mass is 19.4. The molecule has 0 unspecified atom stereocenters. The van der Waals surface area contributed by atoms with E-state index >= 15 is 0 Å². The first-order chi connectivity index (χ1) is 9.86. The van der Waals surface area contributed by atoms with E-state index in [0.717, 1.165) is 12.1 Å². The third-order valence-electron chi connectivity index (χ3n) is 2.95. The second-order valence-electron chi connectivity index (χ2n) is 4.32. The Morgan fingerprint density at radius 1 is 1.19 bits per heavy atom. The standard InChI is InChI=1S/C15H11F3O3/c1-21-13-6-9(8-19)5-12(14(13)20)10-3-2-4-11(7-10)15(16,17)18/h2-8,20H,1H3. The van der Waals surface area contributed by atoms with Gasteiger partial charge in [-0.2, -0.15) is 13.2 Å². The first-order valence-electron chi connectivity index (χ1n) is 5.90. The van der Waals surface area contributed by atoms with Gasteiger partial charge in [-0.1, -0.05) is 12.1 Å². The van der Waals surface area contributed by atoms with Crippen LogP contribution >= 0.6 is 0 Å². The smallest absolute Gasteiger partial charge is 0.416 e. The van der Waals surface area contributed by atoms with Crippen molar-refractivity contribution in [3.63, 3.8) is 0 Å². The maximum Gasteiger partial charge on any atom is 0.416 e. The third-order valence-corrected chi connectivity index (χ3v) is 2.95. The molecule has 21 heavy (non-hydrogen) atoms. The summed E-state index contributed by atoms with van der Waals surface area (Å²) in [7, 11) is 1.29. The normalized spacial score (nSPS) is 11.2. The molecule has 0 aliphatic carbocycles. The van der Waals surface area contributed by atoms with Crippen molar-refractivity contribution in [3.05, 3.63) is 47.5 Å². The Hall–Kier alpha value is -2.50. The summed E-state index contributed by atoms with van der Waals surface area (Å²) in [4.78, 5) is 10.9. The van der Waals surface area contributed by atoms with Gasteiger partial charge in [0.25, 0.3) is 0 Å².